The molecular formula is C20H24N6O4. The van der Waals surface area contributed by atoms with Gasteiger partial charge in [0.05, 0.1) is 12.7 Å². The van der Waals surface area contributed by atoms with Crippen molar-refractivity contribution < 1.29 is 19.1 Å². The number of amides is 3. The summed E-state index contributed by atoms with van der Waals surface area (Å²) in [7, 11) is 1.31. The van der Waals surface area contributed by atoms with E-state index >= 15 is 0 Å². The molecule has 2 N–H and O–H groups in total. The number of aromatic nitrogens is 2. The molecule has 2 aromatic rings. The van der Waals surface area contributed by atoms with Crippen molar-refractivity contribution in [2.75, 3.05) is 50.1 Å². The average Bonchev–Trinajstić information content (AvgIpc) is 2.79. The van der Waals surface area contributed by atoms with E-state index in [2.05, 4.69) is 25.3 Å². The summed E-state index contributed by atoms with van der Waals surface area (Å²) in [6.45, 7) is 2.76. The molecular weight excluding hydrogens is 388 g/mol. The van der Waals surface area contributed by atoms with E-state index in [1.807, 2.05) is 4.90 Å². The maximum absolute atomic E-state index is 12.4. The Labute approximate surface area is 174 Å². The number of anilines is 2. The zero-order valence-electron chi connectivity index (χ0n) is 16.7. The molecule has 0 saturated carbocycles. The van der Waals surface area contributed by atoms with Crippen molar-refractivity contribution in [2.24, 2.45) is 0 Å². The summed E-state index contributed by atoms with van der Waals surface area (Å²) >= 11 is 0. The number of hydrogen-bond donors (Lipinski definition) is 2. The van der Waals surface area contributed by atoms with Crippen LogP contribution in [-0.2, 0) is 9.53 Å². The Morgan fingerprint density at radius 1 is 1.03 bits per heavy atom. The zero-order chi connectivity index (χ0) is 21.3. The Bertz CT molecular complexity index is 867. The molecule has 1 fully saturated rings. The van der Waals surface area contributed by atoms with Crippen LogP contribution in [-0.4, -0.2) is 72.6 Å². The molecule has 1 aromatic carbocycles. The van der Waals surface area contributed by atoms with Crippen LogP contribution in [0, 0.1) is 0 Å². The van der Waals surface area contributed by atoms with Crippen LogP contribution in [0.2, 0.25) is 0 Å². The zero-order valence-corrected chi connectivity index (χ0v) is 16.7. The molecule has 1 saturated heterocycles. The highest BCUT2D eigenvalue weighted by Crippen LogP contribution is 2.11. The van der Waals surface area contributed by atoms with E-state index in [1.54, 1.807) is 47.6 Å². The highest BCUT2D eigenvalue weighted by Gasteiger charge is 2.22. The Hall–Kier alpha value is -3.69. The van der Waals surface area contributed by atoms with Crippen molar-refractivity contribution in [1.82, 2.24) is 20.2 Å². The molecule has 10 nitrogen and oxygen atoms in total. The van der Waals surface area contributed by atoms with E-state index in [4.69, 9.17) is 0 Å². The quantitative estimate of drug-likeness (QED) is 0.683. The minimum atomic E-state index is -0.443. The standard InChI is InChI=1S/C20H24N6O4/c1-30-18(28)15-3-5-16(6-4-15)24-20(29)23-10-7-17(27)25-11-13-26(14-12-25)19-21-8-2-9-22-19/h2-6,8-9H,7,10-14H2,1H3,(H2,23,24,29). The molecule has 10 heteroatoms. The van der Waals surface area contributed by atoms with Gasteiger partial charge in [0.1, 0.15) is 0 Å². The Morgan fingerprint density at radius 3 is 2.33 bits per heavy atom. The third kappa shape index (κ3) is 5.66. The topological polar surface area (TPSA) is 117 Å². The molecule has 158 valence electrons. The van der Waals surface area contributed by atoms with Gasteiger partial charge in [-0.25, -0.2) is 19.6 Å². The number of ether oxygens (including phenoxy) is 1. The van der Waals surface area contributed by atoms with Crippen LogP contribution >= 0.6 is 0 Å². The smallest absolute Gasteiger partial charge is 0.337 e. The first-order chi connectivity index (χ1) is 14.6. The van der Waals surface area contributed by atoms with E-state index in [0.717, 1.165) is 0 Å². The van der Waals surface area contributed by atoms with Gasteiger partial charge in [0.25, 0.3) is 0 Å². The predicted octanol–water partition coefficient (Wildman–Crippen LogP) is 1.12. The van der Waals surface area contributed by atoms with E-state index in [1.165, 1.54) is 7.11 Å². The van der Waals surface area contributed by atoms with Crippen molar-refractivity contribution in [1.29, 1.82) is 0 Å². The number of esters is 1. The number of hydrogen-bond acceptors (Lipinski definition) is 7. The van der Waals surface area contributed by atoms with E-state index in [9.17, 15) is 14.4 Å². The first-order valence-electron chi connectivity index (χ1n) is 9.60. The molecule has 0 aliphatic carbocycles. The fraction of sp³-hybridized carbons (Fsp3) is 0.350. The second-order valence-corrected chi connectivity index (χ2v) is 6.62. The highest BCUT2D eigenvalue weighted by molar-refractivity contribution is 5.92. The largest absolute Gasteiger partial charge is 0.465 e. The Kier molecular flexibility index (Phi) is 7.14. The number of nitrogens with zero attached hydrogens (tertiary/aromatic N) is 4. The minimum Gasteiger partial charge on any atom is -0.465 e. The summed E-state index contributed by atoms with van der Waals surface area (Å²) in [5.74, 6) is 0.218. The molecule has 1 aromatic heterocycles. The maximum atomic E-state index is 12.4. The van der Waals surface area contributed by atoms with Crippen molar-refractivity contribution in [3.63, 3.8) is 0 Å². The van der Waals surface area contributed by atoms with Crippen molar-refractivity contribution in [3.8, 4) is 0 Å². The van der Waals surface area contributed by atoms with Gasteiger partial charge in [0.15, 0.2) is 0 Å². The van der Waals surface area contributed by atoms with Crippen LogP contribution in [0.4, 0.5) is 16.4 Å². The number of methoxy groups -OCH3 is 1. The molecule has 1 aliphatic heterocycles. The van der Waals surface area contributed by atoms with Crippen LogP contribution < -0.4 is 15.5 Å². The van der Waals surface area contributed by atoms with Crippen molar-refractivity contribution in [2.45, 2.75) is 6.42 Å². The number of rotatable bonds is 6. The summed E-state index contributed by atoms with van der Waals surface area (Å²) in [5, 5.41) is 5.32. The second kappa shape index (κ2) is 10.2. The number of urea groups is 1. The van der Waals surface area contributed by atoms with E-state index in [-0.39, 0.29) is 18.9 Å². The maximum Gasteiger partial charge on any atom is 0.337 e. The predicted molar refractivity (Wildman–Crippen MR) is 110 cm³/mol. The molecule has 2 heterocycles. The van der Waals surface area contributed by atoms with Gasteiger partial charge in [-0.1, -0.05) is 0 Å². The lowest BCUT2D eigenvalue weighted by molar-refractivity contribution is -0.131. The molecule has 0 atom stereocenters. The van der Waals surface area contributed by atoms with Crippen LogP contribution in [0.5, 0.6) is 0 Å². The fourth-order valence-electron chi connectivity index (χ4n) is 3.03. The van der Waals surface area contributed by atoms with Gasteiger partial charge < -0.3 is 25.2 Å². The lowest BCUT2D eigenvalue weighted by Gasteiger charge is -2.34. The first-order valence-corrected chi connectivity index (χ1v) is 9.60. The normalized spacial score (nSPS) is 13.5. The van der Waals surface area contributed by atoms with Gasteiger partial charge in [-0.3, -0.25) is 4.79 Å². The van der Waals surface area contributed by atoms with Crippen LogP contribution in [0.1, 0.15) is 16.8 Å². The average molecular weight is 412 g/mol. The van der Waals surface area contributed by atoms with Crippen LogP contribution in [0.15, 0.2) is 42.7 Å². The molecule has 3 amide bonds. The molecule has 0 bridgehead atoms. The summed E-state index contributed by atoms with van der Waals surface area (Å²) < 4.78 is 4.63. The lowest BCUT2D eigenvalue weighted by atomic mass is 10.2. The van der Waals surface area contributed by atoms with Gasteiger partial charge in [0, 0.05) is 57.2 Å². The minimum absolute atomic E-state index is 0.00800. The Balaban J connectivity index is 1.36. The molecule has 0 radical (unpaired) electrons. The van der Waals surface area contributed by atoms with Gasteiger partial charge in [-0.05, 0) is 30.3 Å². The molecule has 0 unspecified atom stereocenters. The highest BCUT2D eigenvalue weighted by atomic mass is 16.5. The van der Waals surface area contributed by atoms with Crippen molar-refractivity contribution in [3.05, 3.63) is 48.3 Å². The SMILES string of the molecule is COC(=O)c1ccc(NC(=O)NCCC(=O)N2CCN(c3ncccn3)CC2)cc1. The summed E-state index contributed by atoms with van der Waals surface area (Å²) in [6.07, 6.45) is 3.62. The van der Waals surface area contributed by atoms with E-state index < -0.39 is 12.0 Å². The fourth-order valence-corrected chi connectivity index (χ4v) is 3.03. The monoisotopic (exact) mass is 412 g/mol. The lowest BCUT2D eigenvalue weighted by Crippen LogP contribution is -2.49. The third-order valence-electron chi connectivity index (χ3n) is 4.66. The summed E-state index contributed by atoms with van der Waals surface area (Å²) in [4.78, 5) is 48.0. The first kappa shape index (κ1) is 21.0. The number of carbonyl (C=O) groups is 3. The van der Waals surface area contributed by atoms with Crippen LogP contribution in [0.3, 0.4) is 0 Å². The van der Waals surface area contributed by atoms with Gasteiger partial charge in [-0.15, -0.1) is 0 Å². The number of nitrogens with one attached hydrogen (secondary N) is 2. The van der Waals surface area contributed by atoms with Crippen LogP contribution in [0.25, 0.3) is 0 Å². The van der Waals surface area contributed by atoms with Gasteiger partial charge in [0.2, 0.25) is 11.9 Å². The summed E-state index contributed by atoms with van der Waals surface area (Å²) in [6, 6.07) is 7.68. The molecule has 30 heavy (non-hydrogen) atoms. The van der Waals surface area contributed by atoms with Gasteiger partial charge >= 0.3 is 12.0 Å². The number of benzene rings is 1. The van der Waals surface area contributed by atoms with Crippen molar-refractivity contribution >= 4 is 29.5 Å². The molecule has 0 spiro atoms. The second-order valence-electron chi connectivity index (χ2n) is 6.62. The van der Waals surface area contributed by atoms with E-state index in [0.29, 0.717) is 43.4 Å². The molecule has 1 aliphatic rings. The number of carbonyl (C=O) groups excluding carboxylic acids is 3. The Morgan fingerprint density at radius 2 is 1.70 bits per heavy atom. The summed E-state index contributed by atoms with van der Waals surface area (Å²) in [5.41, 5.74) is 0.929. The number of piperazine rings is 1. The third-order valence-corrected chi connectivity index (χ3v) is 4.66. The molecule has 3 rings (SSSR count). The van der Waals surface area contributed by atoms with Gasteiger partial charge in [-0.2, -0.15) is 0 Å².